The van der Waals surface area contributed by atoms with Gasteiger partial charge in [0, 0.05) is 18.3 Å². The van der Waals surface area contributed by atoms with E-state index in [1.807, 2.05) is 35.0 Å². The first-order valence-corrected chi connectivity index (χ1v) is 7.93. The summed E-state index contributed by atoms with van der Waals surface area (Å²) >= 11 is 0. The number of aromatic nitrogens is 4. The number of Topliss-reactive ketones (excluding diaryl/α,β-unsaturated/α-hetero) is 1. The van der Waals surface area contributed by atoms with E-state index in [1.165, 1.54) is 13.3 Å². The minimum absolute atomic E-state index is 0.0198. The van der Waals surface area contributed by atoms with Gasteiger partial charge in [-0.15, -0.1) is 0 Å². The van der Waals surface area contributed by atoms with Crippen LogP contribution in [0, 0.1) is 0 Å². The summed E-state index contributed by atoms with van der Waals surface area (Å²) in [6, 6.07) is 9.77. The number of ketones is 1. The van der Waals surface area contributed by atoms with Crippen LogP contribution in [0.1, 0.15) is 22.8 Å². The van der Waals surface area contributed by atoms with Crippen LogP contribution >= 0.6 is 0 Å². The van der Waals surface area contributed by atoms with Crippen molar-refractivity contribution in [1.82, 2.24) is 19.7 Å². The molecule has 0 spiro atoms. The summed E-state index contributed by atoms with van der Waals surface area (Å²) < 4.78 is 7.02. The maximum Gasteiger partial charge on any atom is 0.163 e. The molecule has 126 valence electrons. The van der Waals surface area contributed by atoms with Crippen LogP contribution in [0.15, 0.2) is 42.9 Å². The molecule has 0 saturated carbocycles. The van der Waals surface area contributed by atoms with Crippen LogP contribution in [-0.4, -0.2) is 32.6 Å². The molecule has 0 saturated heterocycles. The molecule has 0 N–H and O–H groups in total. The number of hydrogen-bond acceptors (Lipinski definition) is 6. The van der Waals surface area contributed by atoms with E-state index >= 15 is 0 Å². The Morgan fingerprint density at radius 3 is 2.76 bits per heavy atom. The second-order valence-electron chi connectivity index (χ2n) is 5.92. The van der Waals surface area contributed by atoms with Gasteiger partial charge in [-0.3, -0.25) is 4.79 Å². The smallest absolute Gasteiger partial charge is 0.163 e. The van der Waals surface area contributed by atoms with E-state index in [9.17, 15) is 4.79 Å². The van der Waals surface area contributed by atoms with Gasteiger partial charge in [0.15, 0.2) is 11.6 Å². The summed E-state index contributed by atoms with van der Waals surface area (Å²) in [6.07, 6.45) is 3.14. The highest BCUT2D eigenvalue weighted by Crippen LogP contribution is 2.34. The molecular formula is C18H17N5O2. The van der Waals surface area contributed by atoms with Gasteiger partial charge in [0.05, 0.1) is 12.7 Å². The molecule has 25 heavy (non-hydrogen) atoms. The van der Waals surface area contributed by atoms with Crippen LogP contribution in [-0.2, 0) is 13.2 Å². The van der Waals surface area contributed by atoms with Gasteiger partial charge in [0.25, 0.3) is 0 Å². The van der Waals surface area contributed by atoms with E-state index in [1.54, 1.807) is 13.3 Å². The summed E-state index contributed by atoms with van der Waals surface area (Å²) in [7, 11) is 1.65. The molecule has 1 aliphatic heterocycles. The van der Waals surface area contributed by atoms with Crippen LogP contribution in [0.3, 0.4) is 0 Å². The molecule has 0 radical (unpaired) electrons. The molecule has 2 aromatic heterocycles. The Labute approximate surface area is 144 Å². The van der Waals surface area contributed by atoms with Crippen molar-refractivity contribution in [2.24, 2.45) is 0 Å². The van der Waals surface area contributed by atoms with Crippen LogP contribution in [0.25, 0.3) is 11.4 Å². The number of pyridine rings is 1. The number of benzene rings is 1. The summed E-state index contributed by atoms with van der Waals surface area (Å²) in [5.74, 6) is 2.34. The highest BCUT2D eigenvalue weighted by atomic mass is 16.5. The van der Waals surface area contributed by atoms with Crippen molar-refractivity contribution >= 4 is 11.6 Å². The molecule has 0 amide bonds. The van der Waals surface area contributed by atoms with Crippen molar-refractivity contribution < 1.29 is 9.53 Å². The van der Waals surface area contributed by atoms with Crippen molar-refractivity contribution in [3.8, 4) is 17.1 Å². The van der Waals surface area contributed by atoms with Crippen molar-refractivity contribution in [3.05, 3.63) is 54.0 Å². The van der Waals surface area contributed by atoms with E-state index in [-0.39, 0.29) is 5.78 Å². The van der Waals surface area contributed by atoms with Gasteiger partial charge in [-0.25, -0.2) is 14.6 Å². The van der Waals surface area contributed by atoms with E-state index in [0.717, 1.165) is 28.5 Å². The van der Waals surface area contributed by atoms with Crippen molar-refractivity contribution in [3.63, 3.8) is 0 Å². The highest BCUT2D eigenvalue weighted by Gasteiger charge is 2.25. The minimum atomic E-state index is -0.0198. The fourth-order valence-electron chi connectivity index (χ4n) is 2.95. The Bertz CT molecular complexity index is 933. The number of hydrogen-bond donors (Lipinski definition) is 0. The molecule has 4 rings (SSSR count). The van der Waals surface area contributed by atoms with E-state index < -0.39 is 0 Å². The van der Waals surface area contributed by atoms with Gasteiger partial charge in [-0.2, -0.15) is 5.10 Å². The van der Waals surface area contributed by atoms with Gasteiger partial charge >= 0.3 is 0 Å². The number of carbonyl (C=O) groups is 1. The molecule has 7 nitrogen and oxygen atoms in total. The summed E-state index contributed by atoms with van der Waals surface area (Å²) in [5.41, 5.74) is 2.53. The van der Waals surface area contributed by atoms with Crippen molar-refractivity contribution in [2.75, 3.05) is 12.0 Å². The predicted octanol–water partition coefficient (Wildman–Crippen LogP) is 2.53. The molecule has 1 aliphatic rings. The van der Waals surface area contributed by atoms with E-state index in [4.69, 9.17) is 4.74 Å². The van der Waals surface area contributed by atoms with Crippen LogP contribution in [0.5, 0.6) is 5.75 Å². The normalized spacial score (nSPS) is 12.5. The zero-order valence-corrected chi connectivity index (χ0v) is 14.0. The Balaban J connectivity index is 1.72. The third kappa shape index (κ3) is 2.73. The predicted molar refractivity (Wildman–Crippen MR) is 92.4 cm³/mol. The fraction of sp³-hybridized carbons (Fsp3) is 0.222. The molecule has 7 heteroatoms. The molecule has 0 unspecified atom stereocenters. The monoisotopic (exact) mass is 335 g/mol. The largest absolute Gasteiger partial charge is 0.497 e. The van der Waals surface area contributed by atoms with Crippen LogP contribution in [0.2, 0.25) is 0 Å². The van der Waals surface area contributed by atoms with Gasteiger partial charge < -0.3 is 9.64 Å². The van der Waals surface area contributed by atoms with Crippen LogP contribution < -0.4 is 9.64 Å². The molecule has 3 heterocycles. The number of methoxy groups -OCH3 is 1. The molecular weight excluding hydrogens is 318 g/mol. The zero-order chi connectivity index (χ0) is 17.4. The van der Waals surface area contributed by atoms with Gasteiger partial charge in [-0.1, -0.05) is 12.1 Å². The molecule has 0 fully saturated rings. The number of ether oxygens (including phenoxy) is 1. The first-order valence-electron chi connectivity index (χ1n) is 7.93. The molecule has 1 aromatic carbocycles. The lowest BCUT2D eigenvalue weighted by atomic mass is 10.1. The Morgan fingerprint density at radius 1 is 1.24 bits per heavy atom. The van der Waals surface area contributed by atoms with Crippen molar-refractivity contribution in [1.29, 1.82) is 0 Å². The number of fused-ring (bicyclic) bond motifs is 3. The van der Waals surface area contributed by atoms with E-state index in [0.29, 0.717) is 18.8 Å². The topological polar surface area (TPSA) is 73.1 Å². The number of nitrogens with zero attached hydrogens (tertiary/aromatic N) is 5. The summed E-state index contributed by atoms with van der Waals surface area (Å²) in [4.78, 5) is 22.7. The lowest BCUT2D eigenvalue weighted by Gasteiger charge is -2.30. The Kier molecular flexibility index (Phi) is 3.68. The quantitative estimate of drug-likeness (QED) is 0.682. The lowest BCUT2D eigenvalue weighted by Crippen LogP contribution is -2.31. The average Bonchev–Trinajstić information content (AvgIpc) is 3.10. The third-order valence-corrected chi connectivity index (χ3v) is 4.27. The number of carbonyl (C=O) groups excluding carboxylic acids is 1. The Morgan fingerprint density at radius 2 is 2.04 bits per heavy atom. The molecule has 0 atom stereocenters. The maximum atomic E-state index is 11.7. The zero-order valence-electron chi connectivity index (χ0n) is 14.0. The fourth-order valence-corrected chi connectivity index (χ4v) is 2.95. The highest BCUT2D eigenvalue weighted by molar-refractivity contribution is 5.95. The SMILES string of the molecule is COc1ccc(CN2Cn3ncnc3-c3cc(C(C)=O)cnc32)cc1. The average molecular weight is 335 g/mol. The lowest BCUT2D eigenvalue weighted by molar-refractivity contribution is 0.101. The summed E-state index contributed by atoms with van der Waals surface area (Å²) in [6.45, 7) is 2.76. The van der Waals surface area contributed by atoms with Crippen molar-refractivity contribution in [2.45, 2.75) is 20.1 Å². The standard InChI is InChI=1S/C18H17N5O2/c1-12(24)14-7-16-17(19-8-14)22(11-23-18(16)20-10-21-23)9-13-3-5-15(25-2)6-4-13/h3-8,10H,9,11H2,1-2H3. The van der Waals surface area contributed by atoms with Crippen LogP contribution in [0.4, 0.5) is 5.82 Å². The van der Waals surface area contributed by atoms with E-state index in [2.05, 4.69) is 20.0 Å². The summed E-state index contributed by atoms with van der Waals surface area (Å²) in [5, 5.41) is 4.28. The first kappa shape index (κ1) is 15.3. The van der Waals surface area contributed by atoms with Gasteiger partial charge in [-0.05, 0) is 30.7 Å². The molecule has 0 aliphatic carbocycles. The molecule has 3 aromatic rings. The second kappa shape index (κ2) is 6.01. The maximum absolute atomic E-state index is 11.7. The minimum Gasteiger partial charge on any atom is -0.497 e. The first-order chi connectivity index (χ1) is 12.2. The number of rotatable bonds is 4. The third-order valence-electron chi connectivity index (χ3n) is 4.27. The van der Waals surface area contributed by atoms with Gasteiger partial charge in [0.1, 0.15) is 24.6 Å². The Hall–Kier alpha value is -3.22. The van der Waals surface area contributed by atoms with Gasteiger partial charge in [0.2, 0.25) is 0 Å². The molecule has 0 bridgehead atoms. The number of anilines is 1. The second-order valence-corrected chi connectivity index (χ2v) is 5.92.